The van der Waals surface area contributed by atoms with Crippen molar-refractivity contribution in [2.75, 3.05) is 11.1 Å². The van der Waals surface area contributed by atoms with Crippen molar-refractivity contribution in [2.45, 2.75) is 26.2 Å². The van der Waals surface area contributed by atoms with E-state index in [0.717, 1.165) is 17.3 Å². The fourth-order valence-electron chi connectivity index (χ4n) is 1.58. The van der Waals surface area contributed by atoms with E-state index in [-0.39, 0.29) is 5.41 Å². The molecule has 0 amide bonds. The van der Waals surface area contributed by atoms with Crippen molar-refractivity contribution in [1.82, 2.24) is 9.97 Å². The summed E-state index contributed by atoms with van der Waals surface area (Å²) in [6, 6.07) is 9.84. The molecule has 1 aromatic carbocycles. The molecule has 2 aromatic rings. The molecule has 19 heavy (non-hydrogen) atoms. The Kier molecular flexibility index (Phi) is 3.93. The van der Waals surface area contributed by atoms with Crippen LogP contribution in [0.25, 0.3) is 0 Å². The summed E-state index contributed by atoms with van der Waals surface area (Å²) in [5, 5.41) is 3.26. The van der Waals surface area contributed by atoms with Crippen molar-refractivity contribution in [1.29, 1.82) is 0 Å². The number of nitrogens with zero attached hydrogens (tertiary/aromatic N) is 2. The molecule has 0 aliphatic carbocycles. The predicted molar refractivity (Wildman–Crippen MR) is 87.6 cm³/mol. The summed E-state index contributed by atoms with van der Waals surface area (Å²) in [5.74, 6) is 1.94. The lowest BCUT2D eigenvalue weighted by Gasteiger charge is -2.18. The molecule has 0 bridgehead atoms. The van der Waals surface area contributed by atoms with Gasteiger partial charge in [0.25, 0.3) is 0 Å². The van der Waals surface area contributed by atoms with Crippen LogP contribution in [0.15, 0.2) is 30.3 Å². The Morgan fingerprint density at radius 2 is 1.89 bits per heavy atom. The van der Waals surface area contributed by atoms with Crippen LogP contribution in [-0.2, 0) is 5.41 Å². The Balaban J connectivity index is 2.33. The number of nitrogen functional groups attached to an aromatic ring is 1. The Hall–Kier alpha value is -1.37. The van der Waals surface area contributed by atoms with Crippen molar-refractivity contribution >= 4 is 39.9 Å². The van der Waals surface area contributed by atoms with Gasteiger partial charge in [0, 0.05) is 20.7 Å². The number of benzene rings is 1. The lowest BCUT2D eigenvalue weighted by atomic mass is 9.96. The summed E-state index contributed by atoms with van der Waals surface area (Å²) in [6.07, 6.45) is 0. The Labute approximate surface area is 127 Å². The number of hydrogen-bond acceptors (Lipinski definition) is 4. The lowest BCUT2D eigenvalue weighted by Crippen LogP contribution is -2.17. The van der Waals surface area contributed by atoms with Gasteiger partial charge >= 0.3 is 0 Å². The molecule has 0 radical (unpaired) electrons. The summed E-state index contributed by atoms with van der Waals surface area (Å²) in [4.78, 5) is 8.81. The van der Waals surface area contributed by atoms with Gasteiger partial charge in [-0.1, -0.05) is 26.8 Å². The van der Waals surface area contributed by atoms with E-state index in [2.05, 4.69) is 64.7 Å². The first-order chi connectivity index (χ1) is 8.84. The molecule has 0 unspecified atom stereocenters. The molecule has 0 saturated heterocycles. The average Bonchev–Trinajstić information content (AvgIpc) is 2.26. The first-order valence-electron chi connectivity index (χ1n) is 6.02. The van der Waals surface area contributed by atoms with Crippen molar-refractivity contribution in [3.63, 3.8) is 0 Å². The van der Waals surface area contributed by atoms with E-state index in [1.165, 1.54) is 3.57 Å². The summed E-state index contributed by atoms with van der Waals surface area (Å²) in [6.45, 7) is 6.20. The van der Waals surface area contributed by atoms with Gasteiger partial charge in [-0.15, -0.1) is 0 Å². The van der Waals surface area contributed by atoms with Crippen LogP contribution in [0.3, 0.4) is 0 Å². The Morgan fingerprint density at radius 3 is 2.53 bits per heavy atom. The molecule has 0 saturated carbocycles. The number of anilines is 3. The van der Waals surface area contributed by atoms with E-state index in [4.69, 9.17) is 5.73 Å². The second kappa shape index (κ2) is 5.32. The van der Waals surface area contributed by atoms with E-state index in [9.17, 15) is 0 Å². The number of halogens is 1. The minimum Gasteiger partial charge on any atom is -0.384 e. The molecular formula is C14H17IN4. The first-order valence-corrected chi connectivity index (χ1v) is 7.10. The zero-order chi connectivity index (χ0) is 14.0. The maximum absolute atomic E-state index is 5.85. The molecule has 0 spiro atoms. The zero-order valence-corrected chi connectivity index (χ0v) is 13.4. The third-order valence-electron chi connectivity index (χ3n) is 2.51. The van der Waals surface area contributed by atoms with Crippen LogP contribution in [0.2, 0.25) is 0 Å². The van der Waals surface area contributed by atoms with Gasteiger partial charge in [0.15, 0.2) is 0 Å². The highest BCUT2D eigenvalue weighted by atomic mass is 127. The molecule has 0 aliphatic heterocycles. The summed E-state index contributed by atoms with van der Waals surface area (Å²) in [7, 11) is 0. The van der Waals surface area contributed by atoms with Crippen LogP contribution in [0.4, 0.5) is 17.3 Å². The molecular weight excluding hydrogens is 351 g/mol. The lowest BCUT2D eigenvalue weighted by molar-refractivity contribution is 0.547. The molecule has 100 valence electrons. The molecule has 5 heteroatoms. The van der Waals surface area contributed by atoms with Crippen molar-refractivity contribution in [3.05, 3.63) is 39.7 Å². The third-order valence-corrected chi connectivity index (χ3v) is 3.18. The third kappa shape index (κ3) is 3.79. The standard InChI is InChI=1S/C14H17IN4/c1-14(2,3)13-18-11(16)8-12(19-13)17-10-6-4-5-9(15)7-10/h4-8H,1-3H3,(H3,16,17,18,19). The van der Waals surface area contributed by atoms with E-state index in [1.807, 2.05) is 18.2 Å². The Bertz CT molecular complexity index is 590. The monoisotopic (exact) mass is 368 g/mol. The van der Waals surface area contributed by atoms with Gasteiger partial charge in [0.05, 0.1) is 0 Å². The second-order valence-corrected chi connectivity index (χ2v) is 6.63. The van der Waals surface area contributed by atoms with Crippen LogP contribution < -0.4 is 11.1 Å². The normalized spacial score (nSPS) is 11.4. The molecule has 3 N–H and O–H groups in total. The van der Waals surface area contributed by atoms with Crippen molar-refractivity contribution < 1.29 is 0 Å². The molecule has 2 rings (SSSR count). The van der Waals surface area contributed by atoms with Crippen LogP contribution in [0.1, 0.15) is 26.6 Å². The van der Waals surface area contributed by atoms with E-state index < -0.39 is 0 Å². The minimum atomic E-state index is -0.128. The highest BCUT2D eigenvalue weighted by molar-refractivity contribution is 14.1. The van der Waals surface area contributed by atoms with Gasteiger partial charge in [-0.05, 0) is 40.8 Å². The largest absolute Gasteiger partial charge is 0.384 e. The van der Waals surface area contributed by atoms with E-state index >= 15 is 0 Å². The highest BCUT2D eigenvalue weighted by Gasteiger charge is 2.18. The van der Waals surface area contributed by atoms with Gasteiger partial charge in [-0.25, -0.2) is 9.97 Å². The maximum Gasteiger partial charge on any atom is 0.138 e. The number of nitrogens with two attached hydrogens (primary N) is 1. The number of rotatable bonds is 2. The summed E-state index contributed by atoms with van der Waals surface area (Å²) >= 11 is 2.28. The highest BCUT2D eigenvalue weighted by Crippen LogP contribution is 2.23. The molecule has 0 aliphatic rings. The van der Waals surface area contributed by atoms with Crippen molar-refractivity contribution in [3.8, 4) is 0 Å². The minimum absolute atomic E-state index is 0.128. The van der Waals surface area contributed by atoms with E-state index in [0.29, 0.717) is 5.82 Å². The molecule has 4 nitrogen and oxygen atoms in total. The maximum atomic E-state index is 5.85. The molecule has 0 fully saturated rings. The van der Waals surface area contributed by atoms with Crippen LogP contribution in [0, 0.1) is 3.57 Å². The zero-order valence-electron chi connectivity index (χ0n) is 11.2. The topological polar surface area (TPSA) is 63.8 Å². The number of hydrogen-bond donors (Lipinski definition) is 2. The van der Waals surface area contributed by atoms with Crippen molar-refractivity contribution in [2.24, 2.45) is 0 Å². The molecule has 1 heterocycles. The van der Waals surface area contributed by atoms with Gasteiger partial charge in [-0.2, -0.15) is 0 Å². The number of nitrogens with one attached hydrogen (secondary N) is 1. The SMILES string of the molecule is CC(C)(C)c1nc(N)cc(Nc2cccc(I)c2)n1. The number of aromatic nitrogens is 2. The smallest absolute Gasteiger partial charge is 0.138 e. The molecule has 0 atom stereocenters. The first kappa shape index (κ1) is 14.0. The van der Waals surface area contributed by atoms with Gasteiger partial charge in [0.1, 0.15) is 17.5 Å². The van der Waals surface area contributed by atoms with Crippen LogP contribution >= 0.6 is 22.6 Å². The molecule has 1 aromatic heterocycles. The summed E-state index contributed by atoms with van der Waals surface area (Å²) < 4.78 is 1.17. The van der Waals surface area contributed by atoms with Crippen LogP contribution in [-0.4, -0.2) is 9.97 Å². The average molecular weight is 368 g/mol. The van der Waals surface area contributed by atoms with Crippen LogP contribution in [0.5, 0.6) is 0 Å². The fraction of sp³-hybridized carbons (Fsp3) is 0.286. The van der Waals surface area contributed by atoms with Gasteiger partial charge in [-0.3, -0.25) is 0 Å². The van der Waals surface area contributed by atoms with Gasteiger partial charge in [0.2, 0.25) is 0 Å². The quantitative estimate of drug-likeness (QED) is 0.794. The summed E-state index contributed by atoms with van der Waals surface area (Å²) in [5.41, 5.74) is 6.71. The predicted octanol–water partition coefficient (Wildman–Crippen LogP) is 3.70. The van der Waals surface area contributed by atoms with Gasteiger partial charge < -0.3 is 11.1 Å². The Morgan fingerprint density at radius 1 is 1.16 bits per heavy atom. The second-order valence-electron chi connectivity index (χ2n) is 5.39. The fourth-order valence-corrected chi connectivity index (χ4v) is 2.12. The van der Waals surface area contributed by atoms with E-state index in [1.54, 1.807) is 6.07 Å².